The van der Waals surface area contributed by atoms with Crippen LogP contribution in [0.5, 0.6) is 0 Å². The third kappa shape index (κ3) is 3.92. The van der Waals surface area contributed by atoms with Crippen LogP contribution in [0.1, 0.15) is 25.0 Å². The van der Waals surface area contributed by atoms with Gasteiger partial charge in [-0.3, -0.25) is 9.78 Å². The summed E-state index contributed by atoms with van der Waals surface area (Å²) in [7, 11) is 0. The molecule has 1 aliphatic rings. The SMILES string of the molecule is Nc1ccc(CC(=O)N2CCCC(CCO)C2)nc1. The number of aliphatic hydroxyl groups is 1. The molecule has 3 N–H and O–H groups in total. The smallest absolute Gasteiger partial charge is 0.228 e. The summed E-state index contributed by atoms with van der Waals surface area (Å²) in [4.78, 5) is 18.2. The minimum atomic E-state index is 0.111. The molecule has 2 heterocycles. The zero-order valence-corrected chi connectivity index (χ0v) is 11.1. The average molecular weight is 263 g/mol. The minimum Gasteiger partial charge on any atom is -0.397 e. The number of likely N-dealkylation sites (tertiary alicyclic amines) is 1. The molecule has 5 heteroatoms. The molecule has 0 spiro atoms. The maximum absolute atomic E-state index is 12.2. The van der Waals surface area contributed by atoms with Gasteiger partial charge in [-0.1, -0.05) is 0 Å². The van der Waals surface area contributed by atoms with Crippen LogP contribution in [0.3, 0.4) is 0 Å². The molecule has 0 aliphatic carbocycles. The van der Waals surface area contributed by atoms with Gasteiger partial charge in [0.15, 0.2) is 0 Å². The van der Waals surface area contributed by atoms with Crippen molar-refractivity contribution >= 4 is 11.6 Å². The molecular weight excluding hydrogens is 242 g/mol. The lowest BCUT2D eigenvalue weighted by atomic mass is 9.95. The van der Waals surface area contributed by atoms with Crippen molar-refractivity contribution in [3.63, 3.8) is 0 Å². The summed E-state index contributed by atoms with van der Waals surface area (Å²) >= 11 is 0. The van der Waals surface area contributed by atoms with Gasteiger partial charge in [0, 0.05) is 25.4 Å². The normalized spacial score (nSPS) is 19.4. The Labute approximate surface area is 113 Å². The molecular formula is C14H21N3O2. The number of carbonyl (C=O) groups excluding carboxylic acids is 1. The summed E-state index contributed by atoms with van der Waals surface area (Å²) in [5, 5.41) is 8.98. The average Bonchev–Trinajstić information content (AvgIpc) is 2.42. The Bertz CT molecular complexity index is 417. The first-order valence-corrected chi connectivity index (χ1v) is 6.78. The summed E-state index contributed by atoms with van der Waals surface area (Å²) in [5.41, 5.74) is 6.93. The van der Waals surface area contributed by atoms with Crippen molar-refractivity contribution in [1.82, 2.24) is 9.88 Å². The molecule has 2 rings (SSSR count). The number of nitrogens with zero attached hydrogens (tertiary/aromatic N) is 2. The zero-order chi connectivity index (χ0) is 13.7. The summed E-state index contributed by atoms with van der Waals surface area (Å²) in [6.07, 6.45) is 4.81. The number of anilines is 1. The molecule has 1 saturated heterocycles. The first-order valence-electron chi connectivity index (χ1n) is 6.78. The van der Waals surface area contributed by atoms with Crippen LogP contribution in [-0.4, -0.2) is 40.6 Å². The molecule has 19 heavy (non-hydrogen) atoms. The Morgan fingerprint density at radius 1 is 1.53 bits per heavy atom. The zero-order valence-electron chi connectivity index (χ0n) is 11.1. The van der Waals surface area contributed by atoms with E-state index in [1.807, 2.05) is 4.90 Å². The van der Waals surface area contributed by atoms with Crippen LogP contribution in [0.2, 0.25) is 0 Å². The van der Waals surface area contributed by atoms with E-state index in [9.17, 15) is 4.79 Å². The Balaban J connectivity index is 1.90. The maximum Gasteiger partial charge on any atom is 0.228 e. The molecule has 0 bridgehead atoms. The number of carbonyl (C=O) groups is 1. The molecule has 1 unspecified atom stereocenters. The van der Waals surface area contributed by atoms with Crippen molar-refractivity contribution in [2.45, 2.75) is 25.7 Å². The van der Waals surface area contributed by atoms with Gasteiger partial charge in [-0.2, -0.15) is 0 Å². The van der Waals surface area contributed by atoms with Crippen molar-refractivity contribution in [3.8, 4) is 0 Å². The number of piperidine rings is 1. The first kappa shape index (κ1) is 13.8. The predicted octanol–water partition coefficient (Wildman–Crippen LogP) is 0.827. The molecule has 104 valence electrons. The van der Waals surface area contributed by atoms with Crippen molar-refractivity contribution in [2.75, 3.05) is 25.4 Å². The first-order chi connectivity index (χ1) is 9.19. The number of rotatable bonds is 4. The van der Waals surface area contributed by atoms with E-state index in [1.165, 1.54) is 0 Å². The monoisotopic (exact) mass is 263 g/mol. The number of aliphatic hydroxyl groups excluding tert-OH is 1. The van der Waals surface area contributed by atoms with Gasteiger partial charge in [0.2, 0.25) is 5.91 Å². The lowest BCUT2D eigenvalue weighted by molar-refractivity contribution is -0.132. The Hall–Kier alpha value is -1.62. The van der Waals surface area contributed by atoms with Crippen LogP contribution in [0, 0.1) is 5.92 Å². The second kappa shape index (κ2) is 6.52. The highest BCUT2D eigenvalue weighted by molar-refractivity contribution is 5.78. The van der Waals surface area contributed by atoms with Crippen molar-refractivity contribution in [3.05, 3.63) is 24.0 Å². The lowest BCUT2D eigenvalue weighted by Crippen LogP contribution is -2.41. The summed E-state index contributed by atoms with van der Waals surface area (Å²) in [6.45, 7) is 1.77. The molecule has 1 amide bonds. The molecule has 1 aromatic rings. The van der Waals surface area contributed by atoms with E-state index in [4.69, 9.17) is 10.8 Å². The topological polar surface area (TPSA) is 79.5 Å². The van der Waals surface area contributed by atoms with E-state index >= 15 is 0 Å². The van der Waals surface area contributed by atoms with Gasteiger partial charge in [-0.05, 0) is 37.3 Å². The van der Waals surface area contributed by atoms with Gasteiger partial charge in [0.25, 0.3) is 0 Å². The van der Waals surface area contributed by atoms with E-state index in [0.717, 1.165) is 38.0 Å². The van der Waals surface area contributed by atoms with Crippen LogP contribution in [-0.2, 0) is 11.2 Å². The third-order valence-electron chi connectivity index (χ3n) is 3.59. The fourth-order valence-electron chi connectivity index (χ4n) is 2.52. The standard InChI is InChI=1S/C14H21N3O2/c15-12-3-4-13(16-9-12)8-14(19)17-6-1-2-11(10-17)5-7-18/h3-4,9,11,18H,1-2,5-8,10,15H2. The molecule has 1 aliphatic heterocycles. The summed E-state index contributed by atoms with van der Waals surface area (Å²) in [6, 6.07) is 3.56. The fourth-order valence-corrected chi connectivity index (χ4v) is 2.52. The van der Waals surface area contributed by atoms with Crippen LogP contribution < -0.4 is 5.73 Å². The van der Waals surface area contributed by atoms with Crippen LogP contribution >= 0.6 is 0 Å². The van der Waals surface area contributed by atoms with Gasteiger partial charge in [0.05, 0.1) is 18.3 Å². The van der Waals surface area contributed by atoms with Gasteiger partial charge in [-0.15, -0.1) is 0 Å². The minimum absolute atomic E-state index is 0.111. The van der Waals surface area contributed by atoms with E-state index in [2.05, 4.69) is 4.98 Å². The van der Waals surface area contributed by atoms with Crippen LogP contribution in [0.15, 0.2) is 18.3 Å². The second-order valence-corrected chi connectivity index (χ2v) is 5.12. The molecule has 0 aromatic carbocycles. The van der Waals surface area contributed by atoms with Gasteiger partial charge in [0.1, 0.15) is 0 Å². The molecule has 0 saturated carbocycles. The van der Waals surface area contributed by atoms with Gasteiger partial charge < -0.3 is 15.7 Å². The van der Waals surface area contributed by atoms with E-state index in [0.29, 0.717) is 18.0 Å². The number of aromatic nitrogens is 1. The van der Waals surface area contributed by atoms with Gasteiger partial charge >= 0.3 is 0 Å². The summed E-state index contributed by atoms with van der Waals surface area (Å²) in [5.74, 6) is 0.544. The highest BCUT2D eigenvalue weighted by Gasteiger charge is 2.23. The fraction of sp³-hybridized carbons (Fsp3) is 0.571. The van der Waals surface area contributed by atoms with Crippen LogP contribution in [0.25, 0.3) is 0 Å². The van der Waals surface area contributed by atoms with E-state index in [1.54, 1.807) is 18.3 Å². The maximum atomic E-state index is 12.2. The molecule has 0 radical (unpaired) electrons. The predicted molar refractivity (Wildman–Crippen MR) is 73.4 cm³/mol. The quantitative estimate of drug-likeness (QED) is 0.843. The Morgan fingerprint density at radius 3 is 3.05 bits per heavy atom. The second-order valence-electron chi connectivity index (χ2n) is 5.12. The highest BCUT2D eigenvalue weighted by atomic mass is 16.3. The number of nitrogens with two attached hydrogens (primary N) is 1. The number of hydrogen-bond donors (Lipinski definition) is 2. The van der Waals surface area contributed by atoms with Crippen molar-refractivity contribution < 1.29 is 9.90 Å². The number of hydrogen-bond acceptors (Lipinski definition) is 4. The number of nitrogen functional groups attached to an aromatic ring is 1. The summed E-state index contributed by atoms with van der Waals surface area (Å²) < 4.78 is 0. The number of pyridine rings is 1. The third-order valence-corrected chi connectivity index (χ3v) is 3.59. The molecule has 5 nitrogen and oxygen atoms in total. The van der Waals surface area contributed by atoms with Crippen molar-refractivity contribution in [1.29, 1.82) is 0 Å². The lowest BCUT2D eigenvalue weighted by Gasteiger charge is -2.32. The Kier molecular flexibility index (Phi) is 4.74. The molecule has 1 fully saturated rings. The largest absolute Gasteiger partial charge is 0.397 e. The molecule has 1 aromatic heterocycles. The number of amides is 1. The molecule has 1 atom stereocenters. The van der Waals surface area contributed by atoms with Crippen LogP contribution in [0.4, 0.5) is 5.69 Å². The van der Waals surface area contributed by atoms with E-state index in [-0.39, 0.29) is 12.5 Å². The Morgan fingerprint density at radius 2 is 2.37 bits per heavy atom. The van der Waals surface area contributed by atoms with Crippen molar-refractivity contribution in [2.24, 2.45) is 5.92 Å². The van der Waals surface area contributed by atoms with E-state index < -0.39 is 0 Å². The van der Waals surface area contributed by atoms with Gasteiger partial charge in [-0.25, -0.2) is 0 Å². The highest BCUT2D eigenvalue weighted by Crippen LogP contribution is 2.19.